The summed E-state index contributed by atoms with van der Waals surface area (Å²) in [5, 5.41) is 20.7. The summed E-state index contributed by atoms with van der Waals surface area (Å²) in [7, 11) is 0. The lowest BCUT2D eigenvalue weighted by atomic mass is 9.95. The number of aryl methyl sites for hydroxylation is 1. The molecule has 0 radical (unpaired) electrons. The van der Waals surface area contributed by atoms with Gasteiger partial charge in [0.15, 0.2) is 0 Å². The Labute approximate surface area is 216 Å². The average molecular weight is 518 g/mol. The molecule has 0 aliphatic carbocycles. The van der Waals surface area contributed by atoms with Crippen LogP contribution in [0.3, 0.4) is 0 Å². The summed E-state index contributed by atoms with van der Waals surface area (Å²) in [6.07, 6.45) is 0. The number of benzene rings is 3. The predicted molar refractivity (Wildman–Crippen MR) is 138 cm³/mol. The quantitative estimate of drug-likeness (QED) is 0.200. The summed E-state index contributed by atoms with van der Waals surface area (Å²) in [4.78, 5) is 27.7. The first-order chi connectivity index (χ1) is 17.4. The molecule has 1 aromatic heterocycles. The molecule has 7 nitrogen and oxygen atoms in total. The molecule has 9 heteroatoms. The maximum absolute atomic E-state index is 13.2. The Hall–Kier alpha value is -4.01. The third kappa shape index (κ3) is 4.60. The van der Waals surface area contributed by atoms with Crippen molar-refractivity contribution >= 4 is 45.5 Å². The average Bonchev–Trinajstić information content (AvgIpc) is 3.44. The Kier molecular flexibility index (Phi) is 6.54. The fraction of sp³-hybridized carbons (Fsp3) is 0.111. The van der Waals surface area contributed by atoms with Crippen molar-refractivity contribution in [2.75, 3.05) is 4.90 Å². The second-order valence-corrected chi connectivity index (χ2v) is 9.72. The molecular formula is C27H20ClN3O4S. The Morgan fingerprint density at radius 1 is 1.03 bits per heavy atom. The van der Waals surface area contributed by atoms with Crippen LogP contribution in [0, 0.1) is 6.92 Å². The van der Waals surface area contributed by atoms with Crippen LogP contribution >= 0.6 is 22.9 Å². The maximum Gasteiger partial charge on any atom is 0.301 e. The molecule has 1 fully saturated rings. The normalized spacial score (nSPS) is 16.9. The van der Waals surface area contributed by atoms with E-state index >= 15 is 0 Å². The van der Waals surface area contributed by atoms with Gasteiger partial charge in [0, 0.05) is 10.6 Å². The highest BCUT2D eigenvalue weighted by molar-refractivity contribution is 7.15. The van der Waals surface area contributed by atoms with Gasteiger partial charge in [-0.05, 0) is 54.4 Å². The van der Waals surface area contributed by atoms with Crippen molar-refractivity contribution in [1.29, 1.82) is 0 Å². The van der Waals surface area contributed by atoms with Gasteiger partial charge in [-0.3, -0.25) is 14.5 Å². The SMILES string of the molecule is Cc1nnc(N2C(=O)C(=O)C(=C(O)c3ccc(Cl)cc3)C2c2cccc(OCc3ccccc3)c2)s1. The monoisotopic (exact) mass is 517 g/mol. The van der Waals surface area contributed by atoms with Gasteiger partial charge in [-0.1, -0.05) is 65.4 Å². The van der Waals surface area contributed by atoms with Crippen LogP contribution in [0.2, 0.25) is 5.02 Å². The second kappa shape index (κ2) is 9.93. The number of carbonyl (C=O) groups excluding carboxylic acids is 2. The van der Waals surface area contributed by atoms with Gasteiger partial charge in [-0.25, -0.2) is 0 Å². The fourth-order valence-electron chi connectivity index (χ4n) is 4.01. The van der Waals surface area contributed by atoms with Crippen molar-refractivity contribution in [3.05, 3.63) is 111 Å². The molecule has 180 valence electrons. The van der Waals surface area contributed by atoms with Gasteiger partial charge in [0.25, 0.3) is 5.78 Å². The first-order valence-corrected chi connectivity index (χ1v) is 12.3. The molecule has 1 N–H and O–H groups in total. The highest BCUT2D eigenvalue weighted by Crippen LogP contribution is 2.43. The first-order valence-electron chi connectivity index (χ1n) is 11.1. The summed E-state index contributed by atoms with van der Waals surface area (Å²) in [6, 6.07) is 22.3. The number of hydrogen-bond acceptors (Lipinski definition) is 7. The van der Waals surface area contributed by atoms with Crippen molar-refractivity contribution in [3.63, 3.8) is 0 Å². The summed E-state index contributed by atoms with van der Waals surface area (Å²) in [5.74, 6) is -1.34. The van der Waals surface area contributed by atoms with Gasteiger partial charge in [0.2, 0.25) is 5.13 Å². The smallest absolute Gasteiger partial charge is 0.301 e. The molecule has 1 amide bonds. The Morgan fingerprint density at radius 3 is 2.47 bits per heavy atom. The molecule has 5 rings (SSSR count). The molecule has 1 aliphatic heterocycles. The van der Waals surface area contributed by atoms with Gasteiger partial charge >= 0.3 is 5.91 Å². The maximum atomic E-state index is 13.2. The largest absolute Gasteiger partial charge is 0.507 e. The van der Waals surface area contributed by atoms with Crippen molar-refractivity contribution in [2.24, 2.45) is 0 Å². The number of amides is 1. The van der Waals surface area contributed by atoms with Crippen LogP contribution in [0.4, 0.5) is 5.13 Å². The molecule has 1 atom stereocenters. The second-order valence-electron chi connectivity index (χ2n) is 8.13. The zero-order valence-corrected chi connectivity index (χ0v) is 20.7. The first kappa shape index (κ1) is 23.7. The number of ether oxygens (including phenoxy) is 1. The van der Waals surface area contributed by atoms with Crippen molar-refractivity contribution in [3.8, 4) is 5.75 Å². The van der Waals surface area contributed by atoms with E-state index in [1.54, 1.807) is 55.5 Å². The van der Waals surface area contributed by atoms with E-state index < -0.39 is 17.7 Å². The van der Waals surface area contributed by atoms with Crippen molar-refractivity contribution < 1.29 is 19.4 Å². The number of aliphatic hydroxyl groups excluding tert-OH is 1. The van der Waals surface area contributed by atoms with Gasteiger partial charge < -0.3 is 9.84 Å². The number of rotatable bonds is 6. The number of hydrogen-bond donors (Lipinski definition) is 1. The van der Waals surface area contributed by atoms with E-state index in [-0.39, 0.29) is 16.5 Å². The van der Waals surface area contributed by atoms with Crippen LogP contribution < -0.4 is 9.64 Å². The van der Waals surface area contributed by atoms with Crippen molar-refractivity contribution in [1.82, 2.24) is 10.2 Å². The lowest BCUT2D eigenvalue weighted by Gasteiger charge is -2.23. The Balaban J connectivity index is 1.59. The van der Waals surface area contributed by atoms with Gasteiger partial charge in [0.05, 0.1) is 11.6 Å². The molecule has 0 bridgehead atoms. The minimum atomic E-state index is -0.923. The van der Waals surface area contributed by atoms with E-state index in [2.05, 4.69) is 10.2 Å². The summed E-state index contributed by atoms with van der Waals surface area (Å²) < 4.78 is 5.98. The molecule has 3 aromatic carbocycles. The van der Waals surface area contributed by atoms with E-state index in [1.165, 1.54) is 16.2 Å². The minimum absolute atomic E-state index is 0.0459. The molecular weight excluding hydrogens is 498 g/mol. The molecule has 1 saturated heterocycles. The number of aliphatic hydroxyl groups is 1. The molecule has 0 saturated carbocycles. The van der Waals surface area contributed by atoms with Crippen LogP contribution in [-0.4, -0.2) is 27.0 Å². The highest BCUT2D eigenvalue weighted by Gasteiger charge is 2.48. The molecule has 4 aromatic rings. The number of nitrogens with zero attached hydrogens (tertiary/aromatic N) is 3. The Morgan fingerprint density at radius 2 is 1.78 bits per heavy atom. The lowest BCUT2D eigenvalue weighted by Crippen LogP contribution is -2.29. The van der Waals surface area contributed by atoms with Crippen LogP contribution in [-0.2, 0) is 16.2 Å². The van der Waals surface area contributed by atoms with Crippen molar-refractivity contribution in [2.45, 2.75) is 19.6 Å². The van der Waals surface area contributed by atoms with E-state index in [1.807, 2.05) is 30.3 Å². The van der Waals surface area contributed by atoms with Crippen LogP contribution in [0.25, 0.3) is 5.76 Å². The number of anilines is 1. The predicted octanol–water partition coefficient (Wildman–Crippen LogP) is 5.71. The van der Waals surface area contributed by atoms with E-state index in [9.17, 15) is 14.7 Å². The molecule has 1 unspecified atom stereocenters. The zero-order valence-electron chi connectivity index (χ0n) is 19.1. The van der Waals surface area contributed by atoms with E-state index in [4.69, 9.17) is 16.3 Å². The minimum Gasteiger partial charge on any atom is -0.507 e. The topological polar surface area (TPSA) is 92.6 Å². The van der Waals surface area contributed by atoms with Gasteiger partial charge in [-0.15, -0.1) is 10.2 Å². The number of carbonyl (C=O) groups is 2. The highest BCUT2D eigenvalue weighted by atomic mass is 35.5. The van der Waals surface area contributed by atoms with Crippen LogP contribution in [0.1, 0.15) is 27.7 Å². The number of ketones is 1. The molecule has 2 heterocycles. The number of halogens is 1. The third-order valence-electron chi connectivity index (χ3n) is 5.71. The lowest BCUT2D eigenvalue weighted by molar-refractivity contribution is -0.132. The van der Waals surface area contributed by atoms with Gasteiger partial charge in [-0.2, -0.15) is 0 Å². The third-order valence-corrected chi connectivity index (χ3v) is 6.80. The summed E-state index contributed by atoms with van der Waals surface area (Å²) >= 11 is 7.18. The van der Waals surface area contributed by atoms with Crippen LogP contribution in [0.15, 0.2) is 84.4 Å². The standard InChI is InChI=1S/C27H20ClN3O4S/c1-16-29-30-27(36-16)31-23(19-8-5-9-21(14-19)35-15-17-6-3-2-4-7-17)22(25(33)26(31)34)24(32)18-10-12-20(28)13-11-18/h2-14,23,32H,15H2,1H3. The van der Waals surface area contributed by atoms with E-state index in [0.717, 1.165) is 5.56 Å². The Bertz CT molecular complexity index is 1470. The van der Waals surface area contributed by atoms with Crippen LogP contribution in [0.5, 0.6) is 5.75 Å². The number of aromatic nitrogens is 2. The zero-order chi connectivity index (χ0) is 25.2. The van der Waals surface area contributed by atoms with Gasteiger partial charge in [0.1, 0.15) is 23.1 Å². The number of Topliss-reactive ketones (excluding diaryl/α,β-unsaturated/α-hetero) is 1. The summed E-state index contributed by atoms with van der Waals surface area (Å²) in [5.41, 5.74) is 1.91. The van der Waals surface area contributed by atoms with E-state index in [0.29, 0.717) is 33.5 Å². The summed E-state index contributed by atoms with van der Waals surface area (Å²) in [6.45, 7) is 2.11. The molecule has 36 heavy (non-hydrogen) atoms. The molecule has 1 aliphatic rings. The fourth-order valence-corrected chi connectivity index (χ4v) is 4.85. The molecule has 0 spiro atoms.